The van der Waals surface area contributed by atoms with Crippen LogP contribution in [0.25, 0.3) is 0 Å². The van der Waals surface area contributed by atoms with Crippen molar-refractivity contribution in [2.75, 3.05) is 6.54 Å². The van der Waals surface area contributed by atoms with Crippen LogP contribution in [0, 0.1) is 0 Å². The number of unbranched alkanes of at least 4 members (excludes halogenated alkanes) is 1. The molecule has 88 valence electrons. The SMILES string of the molecule is NCCCCC(=O)Cc1c(Cl)cccc1Cl. The van der Waals surface area contributed by atoms with Crippen LogP contribution in [-0.4, -0.2) is 12.3 Å². The van der Waals surface area contributed by atoms with Crippen LogP contribution >= 0.6 is 23.2 Å². The molecule has 16 heavy (non-hydrogen) atoms. The van der Waals surface area contributed by atoms with E-state index >= 15 is 0 Å². The van der Waals surface area contributed by atoms with E-state index in [0.29, 0.717) is 29.4 Å². The quantitative estimate of drug-likeness (QED) is 0.798. The van der Waals surface area contributed by atoms with Crippen LogP contribution in [0.15, 0.2) is 18.2 Å². The molecule has 0 bridgehead atoms. The summed E-state index contributed by atoms with van der Waals surface area (Å²) in [4.78, 5) is 11.6. The third-order valence-corrected chi connectivity index (χ3v) is 3.05. The molecule has 0 aliphatic heterocycles. The zero-order valence-electron chi connectivity index (χ0n) is 9.01. The van der Waals surface area contributed by atoms with Gasteiger partial charge >= 0.3 is 0 Å². The first-order chi connectivity index (χ1) is 7.65. The molecule has 1 rings (SSSR count). The second-order valence-electron chi connectivity index (χ2n) is 3.66. The van der Waals surface area contributed by atoms with Crippen molar-refractivity contribution >= 4 is 29.0 Å². The molecular weight excluding hydrogens is 245 g/mol. The molecule has 1 aromatic carbocycles. The lowest BCUT2D eigenvalue weighted by Crippen LogP contribution is -2.05. The Balaban J connectivity index is 2.56. The average Bonchev–Trinajstić information content (AvgIpc) is 2.24. The Morgan fingerprint density at radius 1 is 1.19 bits per heavy atom. The molecule has 0 fully saturated rings. The highest BCUT2D eigenvalue weighted by Gasteiger charge is 2.10. The second-order valence-corrected chi connectivity index (χ2v) is 4.48. The van der Waals surface area contributed by atoms with E-state index in [4.69, 9.17) is 28.9 Å². The van der Waals surface area contributed by atoms with E-state index in [-0.39, 0.29) is 5.78 Å². The number of benzene rings is 1. The van der Waals surface area contributed by atoms with Gasteiger partial charge in [0.15, 0.2) is 0 Å². The Hall–Kier alpha value is -0.570. The van der Waals surface area contributed by atoms with Crippen LogP contribution in [0.5, 0.6) is 0 Å². The summed E-state index contributed by atoms with van der Waals surface area (Å²) in [7, 11) is 0. The Labute approximate surface area is 106 Å². The molecule has 0 aromatic heterocycles. The molecule has 2 nitrogen and oxygen atoms in total. The van der Waals surface area contributed by atoms with E-state index < -0.39 is 0 Å². The van der Waals surface area contributed by atoms with Crippen molar-refractivity contribution in [3.63, 3.8) is 0 Å². The minimum atomic E-state index is 0.156. The third kappa shape index (κ3) is 4.12. The van der Waals surface area contributed by atoms with Crippen LogP contribution in [-0.2, 0) is 11.2 Å². The number of carbonyl (C=O) groups is 1. The van der Waals surface area contributed by atoms with Gasteiger partial charge in [0.25, 0.3) is 0 Å². The number of nitrogens with two attached hydrogens (primary N) is 1. The van der Waals surface area contributed by atoms with E-state index in [1.807, 2.05) is 0 Å². The van der Waals surface area contributed by atoms with Crippen molar-refractivity contribution in [3.8, 4) is 0 Å². The number of hydrogen-bond acceptors (Lipinski definition) is 2. The number of carbonyl (C=O) groups excluding carboxylic acids is 1. The molecule has 4 heteroatoms. The predicted molar refractivity (Wildman–Crippen MR) is 68.1 cm³/mol. The Kier molecular flexibility index (Phi) is 5.81. The largest absolute Gasteiger partial charge is 0.330 e. The molecule has 0 radical (unpaired) electrons. The molecule has 0 aliphatic carbocycles. The fourth-order valence-corrected chi connectivity index (χ4v) is 1.98. The molecule has 0 unspecified atom stereocenters. The summed E-state index contributed by atoms with van der Waals surface area (Å²) >= 11 is 12.0. The van der Waals surface area contributed by atoms with Crippen molar-refractivity contribution in [2.45, 2.75) is 25.7 Å². The molecule has 0 saturated carbocycles. The van der Waals surface area contributed by atoms with Crippen molar-refractivity contribution in [2.24, 2.45) is 5.73 Å². The first-order valence-corrected chi connectivity index (χ1v) is 6.05. The third-order valence-electron chi connectivity index (χ3n) is 2.35. The van der Waals surface area contributed by atoms with Crippen molar-refractivity contribution in [3.05, 3.63) is 33.8 Å². The number of halogens is 2. The highest BCUT2D eigenvalue weighted by atomic mass is 35.5. The first kappa shape index (κ1) is 13.5. The molecule has 0 saturated heterocycles. The van der Waals surface area contributed by atoms with Gasteiger partial charge in [-0.05, 0) is 37.1 Å². The molecule has 0 aliphatic rings. The smallest absolute Gasteiger partial charge is 0.137 e. The van der Waals surface area contributed by atoms with Crippen LogP contribution in [0.1, 0.15) is 24.8 Å². The maximum atomic E-state index is 11.6. The lowest BCUT2D eigenvalue weighted by molar-refractivity contribution is -0.118. The average molecular weight is 260 g/mol. The summed E-state index contributed by atoms with van der Waals surface area (Å²) in [5.74, 6) is 0.156. The van der Waals surface area contributed by atoms with Crippen LogP contribution < -0.4 is 5.73 Å². The molecule has 0 amide bonds. The highest BCUT2D eigenvalue weighted by molar-refractivity contribution is 6.36. The van der Waals surface area contributed by atoms with Crippen LogP contribution in [0.2, 0.25) is 10.0 Å². The maximum Gasteiger partial charge on any atom is 0.137 e. The van der Waals surface area contributed by atoms with Crippen LogP contribution in [0.3, 0.4) is 0 Å². The number of Topliss-reactive ketones (excluding diaryl/α,β-unsaturated/α-hetero) is 1. The summed E-state index contributed by atoms with van der Waals surface area (Å²) < 4.78 is 0. The lowest BCUT2D eigenvalue weighted by Gasteiger charge is -2.05. The fraction of sp³-hybridized carbons (Fsp3) is 0.417. The van der Waals surface area contributed by atoms with Gasteiger partial charge in [0.2, 0.25) is 0 Å². The summed E-state index contributed by atoms with van der Waals surface area (Å²) in [6.07, 6.45) is 2.56. The first-order valence-electron chi connectivity index (χ1n) is 5.30. The van der Waals surface area contributed by atoms with E-state index in [0.717, 1.165) is 18.4 Å². The van der Waals surface area contributed by atoms with Gasteiger partial charge in [0.05, 0.1) is 0 Å². The van der Waals surface area contributed by atoms with Gasteiger partial charge in [-0.1, -0.05) is 29.3 Å². The fourth-order valence-electron chi connectivity index (χ4n) is 1.45. The number of hydrogen-bond donors (Lipinski definition) is 1. The zero-order valence-corrected chi connectivity index (χ0v) is 10.5. The lowest BCUT2D eigenvalue weighted by atomic mass is 10.0. The highest BCUT2D eigenvalue weighted by Crippen LogP contribution is 2.25. The normalized spacial score (nSPS) is 10.4. The topological polar surface area (TPSA) is 43.1 Å². The van der Waals surface area contributed by atoms with Crippen molar-refractivity contribution < 1.29 is 4.79 Å². The van der Waals surface area contributed by atoms with E-state index in [9.17, 15) is 4.79 Å². The minimum Gasteiger partial charge on any atom is -0.330 e. The van der Waals surface area contributed by atoms with Gasteiger partial charge in [-0.15, -0.1) is 0 Å². The van der Waals surface area contributed by atoms with Crippen molar-refractivity contribution in [1.29, 1.82) is 0 Å². The van der Waals surface area contributed by atoms with Gasteiger partial charge < -0.3 is 5.73 Å². The summed E-state index contributed by atoms with van der Waals surface area (Å²) in [6, 6.07) is 5.26. The van der Waals surface area contributed by atoms with Gasteiger partial charge in [0.1, 0.15) is 5.78 Å². The minimum absolute atomic E-state index is 0.156. The van der Waals surface area contributed by atoms with Crippen molar-refractivity contribution in [1.82, 2.24) is 0 Å². The molecule has 0 spiro atoms. The van der Waals surface area contributed by atoms with Gasteiger partial charge in [0, 0.05) is 22.9 Å². The molecule has 0 atom stereocenters. The van der Waals surface area contributed by atoms with E-state index in [2.05, 4.69) is 0 Å². The van der Waals surface area contributed by atoms with Gasteiger partial charge in [-0.3, -0.25) is 4.79 Å². The zero-order chi connectivity index (χ0) is 12.0. The predicted octanol–water partition coefficient (Wildman–Crippen LogP) is 3.23. The molecular formula is C12H15Cl2NO. The van der Waals surface area contributed by atoms with Gasteiger partial charge in [-0.25, -0.2) is 0 Å². The monoisotopic (exact) mass is 259 g/mol. The summed E-state index contributed by atoms with van der Waals surface area (Å²) in [5, 5.41) is 1.11. The van der Waals surface area contributed by atoms with Gasteiger partial charge in [-0.2, -0.15) is 0 Å². The number of ketones is 1. The second kappa shape index (κ2) is 6.89. The standard InChI is InChI=1S/C12H15Cl2NO/c13-11-5-3-6-12(14)10(11)8-9(16)4-1-2-7-15/h3,5-6H,1-2,4,7-8,15H2. The molecule has 0 heterocycles. The Morgan fingerprint density at radius 2 is 1.81 bits per heavy atom. The summed E-state index contributed by atoms with van der Waals surface area (Å²) in [5.41, 5.74) is 6.09. The van der Waals surface area contributed by atoms with E-state index in [1.54, 1.807) is 18.2 Å². The summed E-state index contributed by atoms with van der Waals surface area (Å²) in [6.45, 7) is 0.625. The van der Waals surface area contributed by atoms with Crippen LogP contribution in [0.4, 0.5) is 0 Å². The molecule has 1 aromatic rings. The van der Waals surface area contributed by atoms with E-state index in [1.165, 1.54) is 0 Å². The molecule has 2 N–H and O–H groups in total. The Bertz CT molecular complexity index is 346. The number of rotatable bonds is 6. The maximum absolute atomic E-state index is 11.6. The Morgan fingerprint density at radius 3 is 2.38 bits per heavy atom.